The smallest absolute Gasteiger partial charge is 0.257 e. The van der Waals surface area contributed by atoms with E-state index in [9.17, 15) is 13.2 Å². The first-order chi connectivity index (χ1) is 15.1. The molecule has 0 saturated carbocycles. The maximum absolute atomic E-state index is 12.7. The molecule has 1 amide bonds. The Labute approximate surface area is 191 Å². The second kappa shape index (κ2) is 9.56. The van der Waals surface area contributed by atoms with E-state index in [1.807, 2.05) is 19.1 Å². The van der Waals surface area contributed by atoms with Gasteiger partial charge < -0.3 is 14.8 Å². The largest absolute Gasteiger partial charge is 0.493 e. The van der Waals surface area contributed by atoms with Gasteiger partial charge in [-0.3, -0.25) is 4.79 Å². The standard InChI is InChI=1S/C22H22ClN3O5S/c1-14-5-9-19(20(11-14)30-4)31-21-10-6-15(13-24-21)25-22(27)17-12-16(7-8-18(17)23)32(28,29)26(2)3/h5-13H,1-4H3,(H,25,27). The minimum Gasteiger partial charge on any atom is -0.493 e. The number of nitrogens with zero attached hydrogens (tertiary/aromatic N) is 2. The number of hydrogen-bond acceptors (Lipinski definition) is 6. The number of carbonyl (C=O) groups is 1. The number of hydrogen-bond donors (Lipinski definition) is 1. The molecule has 8 nitrogen and oxygen atoms in total. The molecule has 2 aromatic carbocycles. The number of aromatic nitrogens is 1. The Morgan fingerprint density at radius 1 is 1.06 bits per heavy atom. The Morgan fingerprint density at radius 2 is 1.81 bits per heavy atom. The lowest BCUT2D eigenvalue weighted by Gasteiger charge is -2.13. The summed E-state index contributed by atoms with van der Waals surface area (Å²) in [6.45, 7) is 1.94. The summed E-state index contributed by atoms with van der Waals surface area (Å²) in [5, 5.41) is 2.78. The number of pyridine rings is 1. The molecule has 168 valence electrons. The van der Waals surface area contributed by atoms with Crippen molar-refractivity contribution in [1.29, 1.82) is 0 Å². The summed E-state index contributed by atoms with van der Waals surface area (Å²) < 4.78 is 36.8. The van der Waals surface area contributed by atoms with Gasteiger partial charge in [0.15, 0.2) is 11.5 Å². The van der Waals surface area contributed by atoms with E-state index in [1.54, 1.807) is 25.3 Å². The molecule has 1 heterocycles. The summed E-state index contributed by atoms with van der Waals surface area (Å²) in [6, 6.07) is 12.7. The van der Waals surface area contributed by atoms with Crippen LogP contribution in [-0.2, 0) is 10.0 Å². The fourth-order valence-electron chi connectivity index (χ4n) is 2.73. The Kier molecular flexibility index (Phi) is 7.02. The van der Waals surface area contributed by atoms with E-state index < -0.39 is 15.9 Å². The first kappa shape index (κ1) is 23.5. The first-order valence-corrected chi connectivity index (χ1v) is 11.3. The minimum atomic E-state index is -3.71. The van der Waals surface area contributed by atoms with Crippen molar-refractivity contribution >= 4 is 33.2 Å². The molecule has 1 aromatic heterocycles. The molecule has 0 spiro atoms. The molecular weight excluding hydrogens is 454 g/mol. The average Bonchev–Trinajstić information content (AvgIpc) is 2.76. The highest BCUT2D eigenvalue weighted by molar-refractivity contribution is 7.89. The number of ether oxygens (including phenoxy) is 2. The van der Waals surface area contributed by atoms with Crippen molar-refractivity contribution in [3.05, 3.63) is 70.9 Å². The van der Waals surface area contributed by atoms with Crippen LogP contribution in [0, 0.1) is 6.92 Å². The van der Waals surface area contributed by atoms with Gasteiger partial charge >= 0.3 is 0 Å². The highest BCUT2D eigenvalue weighted by Gasteiger charge is 2.21. The molecule has 1 N–H and O–H groups in total. The maximum Gasteiger partial charge on any atom is 0.257 e. The number of benzene rings is 2. The SMILES string of the molecule is COc1cc(C)ccc1Oc1ccc(NC(=O)c2cc(S(=O)(=O)N(C)C)ccc2Cl)cn1. The molecule has 3 rings (SSSR count). The summed E-state index contributed by atoms with van der Waals surface area (Å²) in [7, 11) is 0.658. The zero-order valence-electron chi connectivity index (χ0n) is 17.9. The van der Waals surface area contributed by atoms with E-state index in [2.05, 4.69) is 10.3 Å². The van der Waals surface area contributed by atoms with E-state index in [0.717, 1.165) is 9.87 Å². The molecule has 0 unspecified atom stereocenters. The number of rotatable bonds is 7. The van der Waals surface area contributed by atoms with E-state index >= 15 is 0 Å². The van der Waals surface area contributed by atoms with Crippen molar-refractivity contribution in [3.63, 3.8) is 0 Å². The minimum absolute atomic E-state index is 0.0271. The number of anilines is 1. The molecule has 0 aliphatic carbocycles. The summed E-state index contributed by atoms with van der Waals surface area (Å²) >= 11 is 6.13. The summed E-state index contributed by atoms with van der Waals surface area (Å²) in [5.41, 5.74) is 1.44. The molecule has 0 fully saturated rings. The predicted molar refractivity (Wildman–Crippen MR) is 122 cm³/mol. The third-order valence-corrected chi connectivity index (χ3v) is 6.63. The zero-order chi connectivity index (χ0) is 23.5. The quantitative estimate of drug-likeness (QED) is 0.545. The fraction of sp³-hybridized carbons (Fsp3) is 0.182. The molecule has 0 aliphatic heterocycles. The highest BCUT2D eigenvalue weighted by Crippen LogP contribution is 2.31. The Hall–Kier alpha value is -3.14. The van der Waals surface area contributed by atoms with Crippen molar-refractivity contribution in [3.8, 4) is 17.4 Å². The van der Waals surface area contributed by atoms with Crippen molar-refractivity contribution in [2.45, 2.75) is 11.8 Å². The molecule has 10 heteroatoms. The Bertz CT molecular complexity index is 1240. The third-order valence-electron chi connectivity index (χ3n) is 4.49. The third kappa shape index (κ3) is 5.18. The zero-order valence-corrected chi connectivity index (χ0v) is 19.5. The van der Waals surface area contributed by atoms with Crippen LogP contribution in [0.1, 0.15) is 15.9 Å². The lowest BCUT2D eigenvalue weighted by Crippen LogP contribution is -2.23. The predicted octanol–water partition coefficient (Wildman–Crippen LogP) is 4.35. The number of halogens is 1. The van der Waals surface area contributed by atoms with Gasteiger partial charge in [0.2, 0.25) is 15.9 Å². The molecule has 0 atom stereocenters. The van der Waals surface area contributed by atoms with Crippen LogP contribution >= 0.6 is 11.6 Å². The summed E-state index contributed by atoms with van der Waals surface area (Å²) in [5.74, 6) is 0.822. The van der Waals surface area contributed by atoms with E-state index in [0.29, 0.717) is 23.1 Å². The number of amides is 1. The number of sulfonamides is 1. The van der Waals surface area contributed by atoms with Crippen molar-refractivity contribution < 1.29 is 22.7 Å². The Balaban J connectivity index is 1.77. The molecule has 0 aliphatic rings. The van der Waals surface area contributed by atoms with Crippen LogP contribution in [-0.4, -0.2) is 44.8 Å². The average molecular weight is 476 g/mol. The van der Waals surface area contributed by atoms with Crippen LogP contribution in [0.3, 0.4) is 0 Å². The maximum atomic E-state index is 12.7. The van der Waals surface area contributed by atoms with Crippen molar-refractivity contribution in [1.82, 2.24) is 9.29 Å². The van der Waals surface area contributed by atoms with E-state index in [4.69, 9.17) is 21.1 Å². The van der Waals surface area contributed by atoms with Gasteiger partial charge in [0, 0.05) is 20.2 Å². The van der Waals surface area contributed by atoms with Gasteiger partial charge in [0.25, 0.3) is 5.91 Å². The van der Waals surface area contributed by atoms with Gasteiger partial charge in [-0.25, -0.2) is 17.7 Å². The second-order valence-corrected chi connectivity index (χ2v) is 9.58. The fourth-order valence-corrected chi connectivity index (χ4v) is 3.87. The summed E-state index contributed by atoms with van der Waals surface area (Å²) in [4.78, 5) is 16.9. The van der Waals surface area contributed by atoms with Crippen LogP contribution in [0.15, 0.2) is 59.6 Å². The van der Waals surface area contributed by atoms with Crippen molar-refractivity contribution in [2.75, 3.05) is 26.5 Å². The van der Waals surface area contributed by atoms with Gasteiger partial charge in [-0.05, 0) is 48.9 Å². The lowest BCUT2D eigenvalue weighted by atomic mass is 10.2. The lowest BCUT2D eigenvalue weighted by molar-refractivity contribution is 0.102. The van der Waals surface area contributed by atoms with E-state index in [1.165, 1.54) is 38.5 Å². The monoisotopic (exact) mass is 475 g/mol. The van der Waals surface area contributed by atoms with Crippen molar-refractivity contribution in [2.24, 2.45) is 0 Å². The highest BCUT2D eigenvalue weighted by atomic mass is 35.5. The van der Waals surface area contributed by atoms with E-state index in [-0.39, 0.29) is 15.5 Å². The number of nitrogens with one attached hydrogen (secondary N) is 1. The Morgan fingerprint density at radius 3 is 2.44 bits per heavy atom. The number of methoxy groups -OCH3 is 1. The second-order valence-electron chi connectivity index (χ2n) is 7.02. The van der Waals surface area contributed by atoms with Crippen LogP contribution in [0.4, 0.5) is 5.69 Å². The number of carbonyl (C=O) groups excluding carboxylic acids is 1. The number of aryl methyl sites for hydroxylation is 1. The van der Waals surface area contributed by atoms with Crippen LogP contribution in [0.25, 0.3) is 0 Å². The molecular formula is C22H22ClN3O5S. The van der Waals surface area contributed by atoms with Gasteiger partial charge in [-0.15, -0.1) is 0 Å². The van der Waals surface area contributed by atoms with Gasteiger partial charge in [-0.1, -0.05) is 17.7 Å². The molecule has 0 saturated heterocycles. The van der Waals surface area contributed by atoms with Gasteiger partial charge in [0.1, 0.15) is 0 Å². The molecule has 0 bridgehead atoms. The van der Waals surface area contributed by atoms with Crippen LogP contribution in [0.5, 0.6) is 17.4 Å². The first-order valence-electron chi connectivity index (χ1n) is 9.44. The summed E-state index contributed by atoms with van der Waals surface area (Å²) in [6.07, 6.45) is 1.42. The van der Waals surface area contributed by atoms with Crippen LogP contribution in [0.2, 0.25) is 5.02 Å². The normalized spacial score (nSPS) is 11.3. The van der Waals surface area contributed by atoms with Crippen LogP contribution < -0.4 is 14.8 Å². The van der Waals surface area contributed by atoms with Gasteiger partial charge in [0.05, 0.1) is 34.5 Å². The molecule has 0 radical (unpaired) electrons. The molecule has 3 aromatic rings. The topological polar surface area (TPSA) is 97.8 Å². The van der Waals surface area contributed by atoms with Gasteiger partial charge in [-0.2, -0.15) is 0 Å². The molecule has 32 heavy (non-hydrogen) atoms.